The van der Waals surface area contributed by atoms with E-state index >= 15 is 0 Å². The molecule has 2 rings (SSSR count). The molecule has 1 saturated heterocycles. The van der Waals surface area contributed by atoms with Gasteiger partial charge in [-0.1, -0.05) is 12.1 Å². The number of rotatable bonds is 5. The van der Waals surface area contributed by atoms with E-state index < -0.39 is 0 Å². The largest absolute Gasteiger partial charge is 0.347 e. The highest BCUT2D eigenvalue weighted by Crippen LogP contribution is 2.21. The van der Waals surface area contributed by atoms with E-state index in [9.17, 15) is 9.59 Å². The molecule has 1 unspecified atom stereocenters. The number of carbonyl (C=O) groups excluding carboxylic acids is 2. The van der Waals surface area contributed by atoms with Crippen molar-refractivity contribution in [2.45, 2.75) is 24.6 Å². The summed E-state index contributed by atoms with van der Waals surface area (Å²) < 4.78 is 0. The number of hydrogen-bond acceptors (Lipinski definition) is 4. The number of nitriles is 1. The second kappa shape index (κ2) is 8.02. The van der Waals surface area contributed by atoms with Crippen molar-refractivity contribution < 1.29 is 9.59 Å². The summed E-state index contributed by atoms with van der Waals surface area (Å²) in [7, 11) is 3.45. The summed E-state index contributed by atoms with van der Waals surface area (Å²) in [5.41, 5.74) is 1.72. The third kappa shape index (κ3) is 4.49. The summed E-state index contributed by atoms with van der Waals surface area (Å²) in [5.74, 6) is 1.13. The Morgan fingerprint density at radius 3 is 2.65 bits per heavy atom. The van der Waals surface area contributed by atoms with Gasteiger partial charge in [-0.15, -0.1) is 11.8 Å². The molecule has 0 aliphatic carbocycles. The van der Waals surface area contributed by atoms with Gasteiger partial charge in [0.1, 0.15) is 6.04 Å². The molecular weight excluding hydrogens is 310 g/mol. The number of hydrogen-bond donors (Lipinski definition) is 0. The third-order valence-corrected chi connectivity index (χ3v) is 4.86. The second-order valence-corrected chi connectivity index (χ2v) is 6.76. The molecule has 0 spiro atoms. The van der Waals surface area contributed by atoms with Crippen molar-refractivity contribution in [2.24, 2.45) is 0 Å². The molecule has 1 atom stereocenters. The Morgan fingerprint density at radius 2 is 2.04 bits per heavy atom. The molecule has 1 aliphatic heterocycles. The summed E-state index contributed by atoms with van der Waals surface area (Å²) in [6, 6.07) is 9.17. The maximum atomic E-state index is 12.4. The van der Waals surface area contributed by atoms with E-state index in [0.29, 0.717) is 17.9 Å². The summed E-state index contributed by atoms with van der Waals surface area (Å²) in [6.07, 6.45) is 1.64. The number of carbonyl (C=O) groups is 2. The number of likely N-dealkylation sites (N-methyl/N-ethyl adjacent to an activating group) is 1. The van der Waals surface area contributed by atoms with Gasteiger partial charge in [0.25, 0.3) is 0 Å². The van der Waals surface area contributed by atoms with Gasteiger partial charge in [0.05, 0.1) is 17.4 Å². The van der Waals surface area contributed by atoms with Crippen molar-refractivity contribution in [1.82, 2.24) is 9.80 Å². The predicted molar refractivity (Wildman–Crippen MR) is 90.7 cm³/mol. The molecule has 0 saturated carbocycles. The fourth-order valence-electron chi connectivity index (χ4n) is 2.63. The molecule has 5 nitrogen and oxygen atoms in total. The maximum absolute atomic E-state index is 12.4. The standard InChI is InChI=1S/C17H21N3O2S/c1-19(2)17(22)15-4-3-9-20(15)16(21)12-23-11-14-7-5-13(10-18)6-8-14/h5-8,15H,3-4,9,11-12H2,1-2H3. The lowest BCUT2D eigenvalue weighted by Crippen LogP contribution is -2.46. The minimum atomic E-state index is -0.298. The molecule has 23 heavy (non-hydrogen) atoms. The number of amides is 2. The molecule has 1 aromatic rings. The molecule has 1 heterocycles. The highest BCUT2D eigenvalue weighted by molar-refractivity contribution is 7.99. The quantitative estimate of drug-likeness (QED) is 0.826. The van der Waals surface area contributed by atoms with Gasteiger partial charge in [0.15, 0.2) is 0 Å². The Hall–Kier alpha value is -2.00. The molecule has 1 fully saturated rings. The number of nitrogens with zero attached hydrogens (tertiary/aromatic N) is 3. The Kier molecular flexibility index (Phi) is 6.05. The van der Waals surface area contributed by atoms with Gasteiger partial charge >= 0.3 is 0 Å². The van der Waals surface area contributed by atoms with Crippen LogP contribution in [0.15, 0.2) is 24.3 Å². The fourth-order valence-corrected chi connectivity index (χ4v) is 3.51. The van der Waals surface area contributed by atoms with Crippen molar-refractivity contribution in [2.75, 3.05) is 26.4 Å². The molecule has 1 aromatic carbocycles. The van der Waals surface area contributed by atoms with Gasteiger partial charge in [0.2, 0.25) is 11.8 Å². The second-order valence-electron chi connectivity index (χ2n) is 5.78. The summed E-state index contributed by atoms with van der Waals surface area (Å²) in [6.45, 7) is 0.667. The van der Waals surface area contributed by atoms with Gasteiger partial charge < -0.3 is 9.80 Å². The monoisotopic (exact) mass is 331 g/mol. The molecule has 0 bridgehead atoms. The van der Waals surface area contributed by atoms with Gasteiger partial charge in [-0.3, -0.25) is 9.59 Å². The van der Waals surface area contributed by atoms with Crippen LogP contribution in [0.25, 0.3) is 0 Å². The molecule has 0 radical (unpaired) electrons. The van der Waals surface area contributed by atoms with E-state index in [4.69, 9.17) is 5.26 Å². The van der Waals surface area contributed by atoms with E-state index in [1.54, 1.807) is 36.0 Å². The Labute approximate surface area is 141 Å². The number of thioether (sulfide) groups is 1. The van der Waals surface area contributed by atoms with Crippen molar-refractivity contribution >= 4 is 23.6 Å². The molecule has 122 valence electrons. The highest BCUT2D eigenvalue weighted by atomic mass is 32.2. The highest BCUT2D eigenvalue weighted by Gasteiger charge is 2.34. The normalized spacial score (nSPS) is 16.9. The lowest BCUT2D eigenvalue weighted by atomic mass is 10.2. The average molecular weight is 331 g/mol. The van der Waals surface area contributed by atoms with Crippen LogP contribution in [0.5, 0.6) is 0 Å². The van der Waals surface area contributed by atoms with E-state index in [1.165, 1.54) is 11.8 Å². The van der Waals surface area contributed by atoms with Crippen LogP contribution in [0.4, 0.5) is 0 Å². The summed E-state index contributed by atoms with van der Waals surface area (Å²) in [5, 5.41) is 8.77. The minimum Gasteiger partial charge on any atom is -0.347 e. The van der Waals surface area contributed by atoms with Gasteiger partial charge in [0, 0.05) is 26.4 Å². The van der Waals surface area contributed by atoms with Crippen molar-refractivity contribution in [3.05, 3.63) is 35.4 Å². The zero-order valence-electron chi connectivity index (χ0n) is 13.5. The first-order chi connectivity index (χ1) is 11.0. The summed E-state index contributed by atoms with van der Waals surface area (Å²) >= 11 is 1.54. The van der Waals surface area contributed by atoms with Gasteiger partial charge in [-0.2, -0.15) is 5.26 Å². The first-order valence-corrected chi connectivity index (χ1v) is 8.76. The van der Waals surface area contributed by atoms with Gasteiger partial charge in [-0.25, -0.2) is 0 Å². The molecule has 0 N–H and O–H groups in total. The van der Waals surface area contributed by atoms with Crippen LogP contribution >= 0.6 is 11.8 Å². The lowest BCUT2D eigenvalue weighted by Gasteiger charge is -2.26. The van der Waals surface area contributed by atoms with Crippen molar-refractivity contribution in [1.29, 1.82) is 5.26 Å². The van der Waals surface area contributed by atoms with Crippen LogP contribution in [-0.4, -0.2) is 54.0 Å². The molecular formula is C17H21N3O2S. The Bertz CT molecular complexity index is 607. The van der Waals surface area contributed by atoms with Crippen LogP contribution in [0.3, 0.4) is 0 Å². The first-order valence-electron chi connectivity index (χ1n) is 7.60. The number of likely N-dealkylation sites (tertiary alicyclic amines) is 1. The SMILES string of the molecule is CN(C)C(=O)C1CCCN1C(=O)CSCc1ccc(C#N)cc1. The van der Waals surface area contributed by atoms with Crippen LogP contribution in [0, 0.1) is 11.3 Å². The van der Waals surface area contributed by atoms with E-state index in [1.807, 2.05) is 12.1 Å². The summed E-state index contributed by atoms with van der Waals surface area (Å²) in [4.78, 5) is 27.8. The zero-order valence-corrected chi connectivity index (χ0v) is 14.3. The third-order valence-electron chi connectivity index (χ3n) is 3.88. The number of benzene rings is 1. The lowest BCUT2D eigenvalue weighted by molar-refractivity contribution is -0.140. The van der Waals surface area contributed by atoms with Crippen LogP contribution in [-0.2, 0) is 15.3 Å². The molecule has 2 amide bonds. The van der Waals surface area contributed by atoms with E-state index in [-0.39, 0.29) is 17.9 Å². The first kappa shape index (κ1) is 17.4. The minimum absolute atomic E-state index is 0.00735. The van der Waals surface area contributed by atoms with Gasteiger partial charge in [-0.05, 0) is 30.5 Å². The van der Waals surface area contributed by atoms with Crippen LogP contribution < -0.4 is 0 Å². The average Bonchev–Trinajstić information content (AvgIpc) is 3.04. The molecule has 6 heteroatoms. The Morgan fingerprint density at radius 1 is 1.35 bits per heavy atom. The van der Waals surface area contributed by atoms with E-state index in [0.717, 1.165) is 24.2 Å². The van der Waals surface area contributed by atoms with Crippen molar-refractivity contribution in [3.8, 4) is 6.07 Å². The smallest absolute Gasteiger partial charge is 0.244 e. The maximum Gasteiger partial charge on any atom is 0.244 e. The van der Waals surface area contributed by atoms with Crippen molar-refractivity contribution in [3.63, 3.8) is 0 Å². The molecule has 1 aliphatic rings. The predicted octanol–water partition coefficient (Wildman–Crippen LogP) is 1.87. The van der Waals surface area contributed by atoms with Crippen LogP contribution in [0.1, 0.15) is 24.0 Å². The zero-order chi connectivity index (χ0) is 16.8. The fraction of sp³-hybridized carbons (Fsp3) is 0.471. The topological polar surface area (TPSA) is 64.4 Å². The van der Waals surface area contributed by atoms with Crippen LogP contribution in [0.2, 0.25) is 0 Å². The Balaban J connectivity index is 1.84. The van der Waals surface area contributed by atoms with E-state index in [2.05, 4.69) is 6.07 Å². The molecule has 0 aromatic heterocycles.